The Kier molecular flexibility index (Phi) is 6.47. The molecular formula is C26H31N9OS. The predicted octanol–water partition coefficient (Wildman–Crippen LogP) is 2.94. The van der Waals surface area contributed by atoms with Crippen molar-refractivity contribution in [1.82, 2.24) is 30.2 Å². The molecule has 4 aromatic rings. The zero-order chi connectivity index (χ0) is 25.4. The molecule has 3 aromatic heterocycles. The summed E-state index contributed by atoms with van der Waals surface area (Å²) in [5.74, 6) is 2.13. The second kappa shape index (κ2) is 10.1. The van der Waals surface area contributed by atoms with Crippen LogP contribution in [0.2, 0.25) is 0 Å². The van der Waals surface area contributed by atoms with Gasteiger partial charge in [-0.15, -0.1) is 11.3 Å². The number of H-pyrrole nitrogens is 1. The fraction of sp³-hybridized carbons (Fsp3) is 0.423. The molecule has 0 aliphatic carbocycles. The molecule has 1 atom stereocenters. The van der Waals surface area contributed by atoms with Crippen molar-refractivity contribution in [2.75, 3.05) is 54.4 Å². The van der Waals surface area contributed by atoms with Crippen LogP contribution in [0.25, 0.3) is 20.8 Å². The summed E-state index contributed by atoms with van der Waals surface area (Å²) in [5, 5.41) is 7.71. The standard InChI is InChI=1S/C26H31N9OS/c1-16-14-28-17(2)23(29-16)34-10-12-35(13-11-34)26-32-22(30-18-6-5-9-27-15-18)21(24(36)33-26)25-31-19-7-3-4-8-20(19)37-25/h3-4,7-8,14,18,27H,5-6,9-13,15H2,1-2H3,(H2,30,32,33,36)/t18-/m1/s1. The second-order valence-electron chi connectivity index (χ2n) is 9.68. The molecule has 192 valence electrons. The molecule has 0 amide bonds. The summed E-state index contributed by atoms with van der Waals surface area (Å²) in [6.07, 6.45) is 3.92. The van der Waals surface area contributed by atoms with Gasteiger partial charge in [-0.1, -0.05) is 12.1 Å². The first-order chi connectivity index (χ1) is 18.0. The summed E-state index contributed by atoms with van der Waals surface area (Å²) in [5.41, 5.74) is 3.07. The highest BCUT2D eigenvalue weighted by Crippen LogP contribution is 2.33. The van der Waals surface area contributed by atoms with Gasteiger partial charge in [0.2, 0.25) is 5.95 Å². The maximum Gasteiger partial charge on any atom is 0.264 e. The monoisotopic (exact) mass is 517 g/mol. The lowest BCUT2D eigenvalue weighted by molar-refractivity contribution is 0.479. The van der Waals surface area contributed by atoms with Crippen LogP contribution in [0.15, 0.2) is 35.3 Å². The molecule has 11 heteroatoms. The van der Waals surface area contributed by atoms with Crippen LogP contribution in [0.5, 0.6) is 0 Å². The van der Waals surface area contributed by atoms with Crippen molar-refractivity contribution in [2.45, 2.75) is 32.7 Å². The van der Waals surface area contributed by atoms with Gasteiger partial charge in [-0.3, -0.25) is 14.8 Å². The van der Waals surface area contributed by atoms with Gasteiger partial charge in [0.25, 0.3) is 5.56 Å². The van der Waals surface area contributed by atoms with Crippen LogP contribution >= 0.6 is 11.3 Å². The van der Waals surface area contributed by atoms with Crippen molar-refractivity contribution in [1.29, 1.82) is 0 Å². The number of rotatable bonds is 5. The lowest BCUT2D eigenvalue weighted by Gasteiger charge is -2.36. The zero-order valence-electron chi connectivity index (χ0n) is 21.1. The van der Waals surface area contributed by atoms with Gasteiger partial charge >= 0.3 is 0 Å². The Labute approximate surface area is 219 Å². The summed E-state index contributed by atoms with van der Waals surface area (Å²) in [6, 6.07) is 8.18. The van der Waals surface area contributed by atoms with Crippen LogP contribution in [0.1, 0.15) is 24.2 Å². The summed E-state index contributed by atoms with van der Waals surface area (Å²) in [6.45, 7) is 8.82. The van der Waals surface area contributed by atoms with Crippen LogP contribution in [-0.4, -0.2) is 70.2 Å². The molecule has 10 nitrogen and oxygen atoms in total. The first-order valence-electron chi connectivity index (χ1n) is 12.8. The second-order valence-corrected chi connectivity index (χ2v) is 10.7. The Bertz CT molecular complexity index is 1440. The van der Waals surface area contributed by atoms with E-state index in [0.29, 0.717) is 22.3 Å². The van der Waals surface area contributed by atoms with E-state index in [4.69, 9.17) is 15.0 Å². The molecule has 2 fully saturated rings. The molecule has 2 aliphatic heterocycles. The molecule has 5 heterocycles. The Hall–Kier alpha value is -3.57. The third kappa shape index (κ3) is 4.88. The maximum absolute atomic E-state index is 13.6. The van der Waals surface area contributed by atoms with E-state index in [9.17, 15) is 4.79 Å². The predicted molar refractivity (Wildman–Crippen MR) is 149 cm³/mol. The number of hydrogen-bond acceptors (Lipinski definition) is 10. The fourth-order valence-corrected chi connectivity index (χ4v) is 6.02. The van der Waals surface area contributed by atoms with E-state index in [1.165, 1.54) is 11.3 Å². The number of hydrogen-bond donors (Lipinski definition) is 3. The molecule has 2 aliphatic rings. The Morgan fingerprint density at radius 2 is 1.86 bits per heavy atom. The molecule has 3 N–H and O–H groups in total. The van der Waals surface area contributed by atoms with Crippen molar-refractivity contribution in [3.8, 4) is 10.6 Å². The number of piperazine rings is 1. The van der Waals surface area contributed by atoms with E-state index in [-0.39, 0.29) is 11.6 Å². The topological polar surface area (TPSA) is 115 Å². The number of piperidine rings is 1. The summed E-state index contributed by atoms with van der Waals surface area (Å²) < 4.78 is 1.05. The lowest BCUT2D eigenvalue weighted by Crippen LogP contribution is -2.48. The third-order valence-corrected chi connectivity index (χ3v) is 8.04. The van der Waals surface area contributed by atoms with E-state index in [2.05, 4.69) is 30.4 Å². The number of nitrogens with one attached hydrogen (secondary N) is 3. The van der Waals surface area contributed by atoms with Gasteiger partial charge in [0.05, 0.1) is 21.6 Å². The average molecular weight is 518 g/mol. The highest BCUT2D eigenvalue weighted by molar-refractivity contribution is 7.21. The minimum Gasteiger partial charge on any atom is -0.365 e. The zero-order valence-corrected chi connectivity index (χ0v) is 21.9. The molecule has 1 aromatic carbocycles. The number of fused-ring (bicyclic) bond motifs is 1. The number of para-hydroxylation sites is 1. The van der Waals surface area contributed by atoms with Gasteiger partial charge in [-0.25, -0.2) is 9.97 Å². The van der Waals surface area contributed by atoms with Gasteiger partial charge in [-0.2, -0.15) is 4.98 Å². The SMILES string of the molecule is Cc1cnc(C)c(N2CCN(c3nc(N[C@@H]4CCCNC4)c(-c4nc5ccccc5s4)c(=O)[nH]3)CC2)n1. The van der Waals surface area contributed by atoms with Gasteiger partial charge in [0.1, 0.15) is 22.2 Å². The lowest BCUT2D eigenvalue weighted by atomic mass is 10.1. The number of anilines is 3. The molecule has 0 unspecified atom stereocenters. The number of aryl methyl sites for hydroxylation is 2. The van der Waals surface area contributed by atoms with E-state index in [1.807, 2.05) is 38.1 Å². The number of thiazole rings is 1. The van der Waals surface area contributed by atoms with Crippen LogP contribution in [0, 0.1) is 13.8 Å². The fourth-order valence-electron chi connectivity index (χ4n) is 5.02. The van der Waals surface area contributed by atoms with Crippen molar-refractivity contribution < 1.29 is 0 Å². The van der Waals surface area contributed by atoms with Crippen LogP contribution in [-0.2, 0) is 0 Å². The summed E-state index contributed by atoms with van der Waals surface area (Å²) >= 11 is 1.52. The van der Waals surface area contributed by atoms with E-state index < -0.39 is 0 Å². The number of benzene rings is 1. The molecule has 2 saturated heterocycles. The molecular weight excluding hydrogens is 486 g/mol. The molecule has 0 saturated carbocycles. The van der Waals surface area contributed by atoms with Gasteiger partial charge in [0.15, 0.2) is 0 Å². The molecule has 0 bridgehead atoms. The average Bonchev–Trinajstić information content (AvgIpc) is 3.34. The van der Waals surface area contributed by atoms with E-state index >= 15 is 0 Å². The van der Waals surface area contributed by atoms with Crippen molar-refractivity contribution in [3.63, 3.8) is 0 Å². The molecule has 0 radical (unpaired) electrons. The normalized spacial score (nSPS) is 18.4. The first-order valence-corrected chi connectivity index (χ1v) is 13.6. The van der Waals surface area contributed by atoms with E-state index in [0.717, 1.165) is 79.5 Å². The summed E-state index contributed by atoms with van der Waals surface area (Å²) in [4.78, 5) is 39.9. The molecule has 37 heavy (non-hydrogen) atoms. The maximum atomic E-state index is 13.6. The quantitative estimate of drug-likeness (QED) is 0.367. The Balaban J connectivity index is 1.31. The van der Waals surface area contributed by atoms with Crippen molar-refractivity contribution in [2.24, 2.45) is 0 Å². The first kappa shape index (κ1) is 23.8. The van der Waals surface area contributed by atoms with Crippen LogP contribution in [0.3, 0.4) is 0 Å². The minimum atomic E-state index is -0.168. The Morgan fingerprint density at radius 1 is 1.05 bits per heavy atom. The summed E-state index contributed by atoms with van der Waals surface area (Å²) in [7, 11) is 0. The van der Waals surface area contributed by atoms with Gasteiger partial charge in [-0.05, 0) is 45.4 Å². The van der Waals surface area contributed by atoms with Gasteiger partial charge < -0.3 is 20.4 Å². The highest BCUT2D eigenvalue weighted by atomic mass is 32.1. The number of aromatic nitrogens is 5. The number of aromatic amines is 1. The van der Waals surface area contributed by atoms with E-state index in [1.54, 1.807) is 6.20 Å². The van der Waals surface area contributed by atoms with Crippen molar-refractivity contribution >= 4 is 39.1 Å². The van der Waals surface area contributed by atoms with Crippen LogP contribution < -0.4 is 26.0 Å². The minimum absolute atomic E-state index is 0.168. The van der Waals surface area contributed by atoms with Crippen LogP contribution in [0.4, 0.5) is 17.6 Å². The van der Waals surface area contributed by atoms with Crippen molar-refractivity contribution in [3.05, 3.63) is 52.2 Å². The van der Waals surface area contributed by atoms with Gasteiger partial charge in [0, 0.05) is 45.0 Å². The number of nitrogens with zero attached hydrogens (tertiary/aromatic N) is 6. The third-order valence-electron chi connectivity index (χ3n) is 6.98. The highest BCUT2D eigenvalue weighted by Gasteiger charge is 2.25. The smallest absolute Gasteiger partial charge is 0.264 e. The largest absolute Gasteiger partial charge is 0.365 e. The molecule has 6 rings (SSSR count). The molecule has 0 spiro atoms. The Morgan fingerprint density at radius 3 is 2.65 bits per heavy atom.